The number of thioether (sulfide) groups is 1. The topological polar surface area (TPSA) is 32.3 Å². The van der Waals surface area contributed by atoms with Gasteiger partial charge in [0.15, 0.2) is 0 Å². The zero-order valence-corrected chi connectivity index (χ0v) is 12.5. The number of carbonyl (C=O) groups is 1. The number of rotatable bonds is 4. The van der Waals surface area contributed by atoms with E-state index in [0.29, 0.717) is 6.04 Å². The maximum absolute atomic E-state index is 12.7. The maximum Gasteiger partial charge on any atom is 0.254 e. The van der Waals surface area contributed by atoms with Crippen LogP contribution in [0.4, 0.5) is 0 Å². The Morgan fingerprint density at radius 3 is 3.00 bits per heavy atom. The van der Waals surface area contributed by atoms with Crippen molar-refractivity contribution in [1.29, 1.82) is 0 Å². The molecule has 1 amide bonds. The average Bonchev–Trinajstić information content (AvgIpc) is 2.45. The minimum Gasteiger partial charge on any atom is -0.334 e. The molecule has 1 saturated heterocycles. The van der Waals surface area contributed by atoms with E-state index in [9.17, 15) is 4.79 Å². The summed E-state index contributed by atoms with van der Waals surface area (Å²) in [6.45, 7) is 3.90. The summed E-state index contributed by atoms with van der Waals surface area (Å²) >= 11 is 1.93. The van der Waals surface area contributed by atoms with E-state index in [4.69, 9.17) is 0 Å². The van der Waals surface area contributed by atoms with Crippen LogP contribution in [0.5, 0.6) is 0 Å². The van der Waals surface area contributed by atoms with Crippen LogP contribution in [0.1, 0.15) is 22.8 Å². The van der Waals surface area contributed by atoms with E-state index in [-0.39, 0.29) is 5.91 Å². The molecule has 1 unspecified atom stereocenters. The number of benzene rings is 1. The Kier molecular flexibility index (Phi) is 5.28. The third-order valence-corrected chi connectivity index (χ3v) is 4.71. The molecular formula is C15H22N2OS. The third kappa shape index (κ3) is 3.51. The molecule has 104 valence electrons. The van der Waals surface area contributed by atoms with Crippen LogP contribution in [0.2, 0.25) is 0 Å². The Balaban J connectivity index is 2.17. The molecule has 1 aliphatic rings. The standard InChI is InChI=1S/C15H22N2OS/c1-12-11-19-10-9-17(12)15(18)14-6-4-3-5-13(14)7-8-16-2/h3-6,12,16H,7-11H2,1-2H3. The quantitative estimate of drug-likeness (QED) is 0.914. The van der Waals surface area contributed by atoms with Crippen molar-refractivity contribution in [2.75, 3.05) is 31.6 Å². The zero-order chi connectivity index (χ0) is 13.7. The van der Waals surface area contributed by atoms with Crippen molar-refractivity contribution in [3.8, 4) is 0 Å². The first-order valence-electron chi connectivity index (χ1n) is 6.85. The first kappa shape index (κ1) is 14.4. The van der Waals surface area contributed by atoms with E-state index in [1.807, 2.05) is 41.9 Å². The number of hydrogen-bond donors (Lipinski definition) is 1. The van der Waals surface area contributed by atoms with Crippen LogP contribution in [0.3, 0.4) is 0 Å². The number of nitrogens with one attached hydrogen (secondary N) is 1. The van der Waals surface area contributed by atoms with E-state index in [1.165, 1.54) is 0 Å². The lowest BCUT2D eigenvalue weighted by atomic mass is 10.0. The van der Waals surface area contributed by atoms with Crippen molar-refractivity contribution in [2.45, 2.75) is 19.4 Å². The summed E-state index contributed by atoms with van der Waals surface area (Å²) in [7, 11) is 1.94. The molecule has 1 aliphatic heterocycles. The van der Waals surface area contributed by atoms with Crippen LogP contribution in [-0.2, 0) is 6.42 Å². The van der Waals surface area contributed by atoms with Gasteiger partial charge in [-0.1, -0.05) is 18.2 Å². The van der Waals surface area contributed by atoms with E-state index < -0.39 is 0 Å². The minimum absolute atomic E-state index is 0.194. The van der Waals surface area contributed by atoms with Gasteiger partial charge < -0.3 is 10.2 Å². The second kappa shape index (κ2) is 6.96. The van der Waals surface area contributed by atoms with Crippen molar-refractivity contribution < 1.29 is 4.79 Å². The minimum atomic E-state index is 0.194. The number of carbonyl (C=O) groups excluding carboxylic acids is 1. The third-order valence-electron chi connectivity index (χ3n) is 3.52. The predicted molar refractivity (Wildman–Crippen MR) is 81.9 cm³/mol. The van der Waals surface area contributed by atoms with E-state index in [2.05, 4.69) is 18.3 Å². The highest BCUT2D eigenvalue weighted by Crippen LogP contribution is 2.20. The van der Waals surface area contributed by atoms with Crippen molar-refractivity contribution in [3.63, 3.8) is 0 Å². The lowest BCUT2D eigenvalue weighted by Crippen LogP contribution is -2.44. The number of likely N-dealkylation sites (N-methyl/N-ethyl adjacent to an activating group) is 1. The van der Waals surface area contributed by atoms with E-state index in [0.717, 1.165) is 42.1 Å². The largest absolute Gasteiger partial charge is 0.334 e. The van der Waals surface area contributed by atoms with E-state index >= 15 is 0 Å². The molecule has 1 N–H and O–H groups in total. The summed E-state index contributed by atoms with van der Waals surface area (Å²) < 4.78 is 0. The van der Waals surface area contributed by atoms with Crippen LogP contribution in [0, 0.1) is 0 Å². The molecule has 1 fully saturated rings. The molecule has 0 radical (unpaired) electrons. The monoisotopic (exact) mass is 278 g/mol. The van der Waals surface area contributed by atoms with Crippen LogP contribution < -0.4 is 5.32 Å². The van der Waals surface area contributed by atoms with Gasteiger partial charge in [-0.05, 0) is 38.6 Å². The molecule has 0 bridgehead atoms. The fourth-order valence-corrected chi connectivity index (χ4v) is 3.40. The normalized spacial score (nSPS) is 19.5. The Bertz CT molecular complexity index is 436. The second-order valence-electron chi connectivity index (χ2n) is 4.93. The Labute approximate surface area is 119 Å². The van der Waals surface area contributed by atoms with Crippen molar-refractivity contribution in [3.05, 3.63) is 35.4 Å². The Morgan fingerprint density at radius 2 is 2.26 bits per heavy atom. The first-order chi connectivity index (χ1) is 9.24. The summed E-state index contributed by atoms with van der Waals surface area (Å²) in [5.74, 6) is 2.29. The maximum atomic E-state index is 12.7. The lowest BCUT2D eigenvalue weighted by molar-refractivity contribution is 0.0715. The number of nitrogens with zero attached hydrogens (tertiary/aromatic N) is 1. The van der Waals surface area contributed by atoms with Gasteiger partial charge in [0.05, 0.1) is 0 Å². The highest BCUT2D eigenvalue weighted by molar-refractivity contribution is 7.99. The lowest BCUT2D eigenvalue weighted by Gasteiger charge is -2.33. The van der Waals surface area contributed by atoms with Gasteiger partial charge in [0.2, 0.25) is 0 Å². The van der Waals surface area contributed by atoms with Gasteiger partial charge in [-0.3, -0.25) is 4.79 Å². The molecule has 1 atom stereocenters. The summed E-state index contributed by atoms with van der Waals surface area (Å²) in [6.07, 6.45) is 0.898. The van der Waals surface area contributed by atoms with Gasteiger partial charge in [0.1, 0.15) is 0 Å². The molecule has 0 aliphatic carbocycles. The summed E-state index contributed by atoms with van der Waals surface area (Å²) in [6, 6.07) is 8.33. The molecule has 0 aromatic heterocycles. The summed E-state index contributed by atoms with van der Waals surface area (Å²) in [5.41, 5.74) is 2.02. The van der Waals surface area contributed by atoms with Crippen molar-refractivity contribution in [2.24, 2.45) is 0 Å². The van der Waals surface area contributed by atoms with Crippen molar-refractivity contribution in [1.82, 2.24) is 10.2 Å². The number of hydrogen-bond acceptors (Lipinski definition) is 3. The average molecular weight is 278 g/mol. The summed E-state index contributed by atoms with van der Waals surface area (Å²) in [4.78, 5) is 14.7. The van der Waals surface area contributed by atoms with Crippen molar-refractivity contribution >= 4 is 17.7 Å². The van der Waals surface area contributed by atoms with Gasteiger partial charge in [-0.2, -0.15) is 11.8 Å². The molecule has 1 aromatic carbocycles. The van der Waals surface area contributed by atoms with Gasteiger partial charge in [-0.25, -0.2) is 0 Å². The second-order valence-corrected chi connectivity index (χ2v) is 6.08. The molecule has 0 saturated carbocycles. The molecule has 1 heterocycles. The predicted octanol–water partition coefficient (Wildman–Crippen LogP) is 2.03. The van der Waals surface area contributed by atoms with Crippen LogP contribution in [0.15, 0.2) is 24.3 Å². The molecule has 2 rings (SSSR count). The zero-order valence-electron chi connectivity index (χ0n) is 11.7. The van der Waals surface area contributed by atoms with Gasteiger partial charge in [0, 0.05) is 29.7 Å². The molecular weight excluding hydrogens is 256 g/mol. The molecule has 1 aromatic rings. The van der Waals surface area contributed by atoms with Crippen LogP contribution >= 0.6 is 11.8 Å². The number of amides is 1. The molecule has 19 heavy (non-hydrogen) atoms. The molecule has 3 nitrogen and oxygen atoms in total. The van der Waals surface area contributed by atoms with Gasteiger partial charge in [-0.15, -0.1) is 0 Å². The van der Waals surface area contributed by atoms with Crippen LogP contribution in [-0.4, -0.2) is 48.5 Å². The molecule has 0 spiro atoms. The Morgan fingerprint density at radius 1 is 1.47 bits per heavy atom. The first-order valence-corrected chi connectivity index (χ1v) is 8.00. The summed E-state index contributed by atoms with van der Waals surface area (Å²) in [5, 5.41) is 3.14. The van der Waals surface area contributed by atoms with Gasteiger partial charge >= 0.3 is 0 Å². The fourth-order valence-electron chi connectivity index (χ4n) is 2.39. The highest BCUT2D eigenvalue weighted by Gasteiger charge is 2.25. The van der Waals surface area contributed by atoms with Gasteiger partial charge in [0.25, 0.3) is 5.91 Å². The molecule has 4 heteroatoms. The fraction of sp³-hybridized carbons (Fsp3) is 0.533. The van der Waals surface area contributed by atoms with E-state index in [1.54, 1.807) is 0 Å². The van der Waals surface area contributed by atoms with Crippen LogP contribution in [0.25, 0.3) is 0 Å². The highest BCUT2D eigenvalue weighted by atomic mass is 32.2. The SMILES string of the molecule is CNCCc1ccccc1C(=O)N1CCSCC1C. The smallest absolute Gasteiger partial charge is 0.254 e. The Hall–Kier alpha value is -1.00.